The number of aliphatic hydroxyl groups is 1. The Kier molecular flexibility index (Phi) is 13.9. The Morgan fingerprint density at radius 2 is 1.45 bits per heavy atom. The molecule has 0 spiro atoms. The van der Waals surface area contributed by atoms with Crippen molar-refractivity contribution in [3.63, 3.8) is 0 Å². The fourth-order valence-electron chi connectivity index (χ4n) is 7.38. The van der Waals surface area contributed by atoms with Crippen molar-refractivity contribution in [2.75, 3.05) is 0 Å². The van der Waals surface area contributed by atoms with Gasteiger partial charge < -0.3 is 5.11 Å². The molecule has 5 rings (SSSR count). The monoisotopic (exact) mass is 947 g/mol. The summed E-state index contributed by atoms with van der Waals surface area (Å²) in [7, 11) is 0. The Labute approximate surface area is 329 Å². The molecule has 2 aromatic heterocycles. The van der Waals surface area contributed by atoms with E-state index in [2.05, 4.69) is 158 Å². The van der Waals surface area contributed by atoms with Crippen LogP contribution in [-0.4, -0.2) is 34.1 Å². The first-order chi connectivity index (χ1) is 23.6. The summed E-state index contributed by atoms with van der Waals surface area (Å²) in [6.07, 6.45) is 1.54. The first-order valence-electron chi connectivity index (χ1n) is 18.7. The summed E-state index contributed by atoms with van der Waals surface area (Å²) in [4.78, 5) is 21.5. The van der Waals surface area contributed by atoms with Crippen molar-refractivity contribution < 1.29 is 31.4 Å². The van der Waals surface area contributed by atoms with Crippen LogP contribution in [-0.2, 0) is 30.3 Å². The van der Waals surface area contributed by atoms with E-state index < -0.39 is 13.3 Å². The maximum atomic E-state index is 12.3. The Bertz CT molecular complexity index is 2040. The van der Waals surface area contributed by atoms with Crippen LogP contribution < -0.4 is 4.40 Å². The Morgan fingerprint density at radius 3 is 2.00 bits per heavy atom. The number of benzene rings is 3. The SMILES string of the molecule is CC(C)C(C(=O)/C=C(\O)C(C(C)C)C(C)C)C(C)C.[2H]c1nc(-c2[c-]c3ccccc3c(C(C)(C)C)c2)c2sc3c[c]([Ge]([CH3])([CH3])[CH3])ccc3c2n1.[Ir]. The second-order valence-electron chi connectivity index (χ2n) is 17.3. The minimum absolute atomic E-state index is 0. The van der Waals surface area contributed by atoms with E-state index in [1.165, 1.54) is 26.1 Å². The molecule has 0 amide bonds. The smallest absolute Gasteiger partial charge is 0 e. The summed E-state index contributed by atoms with van der Waals surface area (Å²) in [5.74, 6) is 8.88. The van der Waals surface area contributed by atoms with Gasteiger partial charge in [-0.05, 0) is 23.7 Å². The first-order valence-corrected chi connectivity index (χ1v) is 26.4. The van der Waals surface area contributed by atoms with E-state index in [0.717, 1.165) is 32.2 Å². The third-order valence-corrected chi connectivity index (χ3v) is 15.2. The second-order valence-corrected chi connectivity index (χ2v) is 29.0. The van der Waals surface area contributed by atoms with Gasteiger partial charge in [-0.2, -0.15) is 0 Å². The van der Waals surface area contributed by atoms with Crippen molar-refractivity contribution in [1.29, 1.82) is 0 Å². The predicted octanol–water partition coefficient (Wildman–Crippen LogP) is 12.2. The summed E-state index contributed by atoms with van der Waals surface area (Å²) < 4.78 is 12.1. The maximum absolute atomic E-state index is 12.3. The van der Waals surface area contributed by atoms with Gasteiger partial charge in [-0.1, -0.05) is 55.4 Å². The molecular formula is C44H59GeIrN2O2S-. The summed E-state index contributed by atoms with van der Waals surface area (Å²) in [6, 6.07) is 21.0. The van der Waals surface area contributed by atoms with Crippen molar-refractivity contribution in [3.05, 3.63) is 78.3 Å². The number of nitrogens with zero attached hydrogens (tertiary/aromatic N) is 2. The third-order valence-electron chi connectivity index (χ3n) is 9.74. The van der Waals surface area contributed by atoms with Crippen LogP contribution in [0.25, 0.3) is 42.3 Å². The second kappa shape index (κ2) is 17.2. The van der Waals surface area contributed by atoms with Gasteiger partial charge in [0.1, 0.15) is 0 Å². The number of hydrogen-bond donors (Lipinski definition) is 1. The Morgan fingerprint density at radius 1 is 0.863 bits per heavy atom. The number of rotatable bonds is 9. The number of ketones is 1. The molecule has 4 nitrogen and oxygen atoms in total. The molecule has 277 valence electrons. The molecule has 5 aromatic rings. The Hall–Kier alpha value is -2.38. The molecule has 0 aliphatic rings. The minimum Gasteiger partial charge on any atom is 0 e. The number of aromatic nitrogens is 2. The number of carbonyl (C=O) groups is 1. The molecule has 0 unspecified atom stereocenters. The molecule has 0 atom stereocenters. The number of thiophene rings is 1. The Balaban J connectivity index is 0.000000317. The first kappa shape index (κ1) is 41.4. The van der Waals surface area contributed by atoms with Crippen LogP contribution >= 0.6 is 11.3 Å². The summed E-state index contributed by atoms with van der Waals surface area (Å²) >= 11 is -0.201. The van der Waals surface area contributed by atoms with Gasteiger partial charge in [0.25, 0.3) is 0 Å². The fraction of sp³-hybridized carbons (Fsp3) is 0.477. The molecule has 3 aromatic carbocycles. The zero-order chi connectivity index (χ0) is 38.2. The molecule has 51 heavy (non-hydrogen) atoms. The fourth-order valence-corrected chi connectivity index (χ4v) is 11.2. The van der Waals surface area contributed by atoms with E-state index in [1.54, 1.807) is 11.3 Å². The van der Waals surface area contributed by atoms with Gasteiger partial charge in [-0.15, -0.1) is 0 Å². The molecule has 0 fully saturated rings. The summed E-state index contributed by atoms with van der Waals surface area (Å²) in [5, 5.41) is 13.7. The van der Waals surface area contributed by atoms with E-state index in [4.69, 9.17) is 1.37 Å². The molecule has 0 aliphatic carbocycles. The number of fused-ring (bicyclic) bond motifs is 4. The summed E-state index contributed by atoms with van der Waals surface area (Å²) in [6.45, 7) is 23.3. The average molecular weight is 946 g/mol. The average Bonchev–Trinajstić information content (AvgIpc) is 3.36. The maximum Gasteiger partial charge on any atom is 0 e. The van der Waals surface area contributed by atoms with Crippen molar-refractivity contribution >= 4 is 65.9 Å². The van der Waals surface area contributed by atoms with Crippen molar-refractivity contribution in [2.24, 2.45) is 35.5 Å². The molecule has 1 N–H and O–H groups in total. The molecule has 0 aliphatic heterocycles. The van der Waals surface area contributed by atoms with Crippen molar-refractivity contribution in [2.45, 2.75) is 98.8 Å². The van der Waals surface area contributed by atoms with Gasteiger partial charge in [0.15, 0.2) is 5.78 Å². The molecule has 0 bridgehead atoms. The van der Waals surface area contributed by atoms with Crippen LogP contribution in [0.1, 0.15) is 83.1 Å². The van der Waals surface area contributed by atoms with Gasteiger partial charge in [-0.3, -0.25) is 4.79 Å². The van der Waals surface area contributed by atoms with Gasteiger partial charge in [0.2, 0.25) is 0 Å². The van der Waals surface area contributed by atoms with Crippen LogP contribution in [0.2, 0.25) is 17.3 Å². The van der Waals surface area contributed by atoms with Crippen LogP contribution in [0.3, 0.4) is 0 Å². The molecular weight excluding hydrogens is 885 g/mol. The van der Waals surface area contributed by atoms with Gasteiger partial charge in [0.05, 0.1) is 5.76 Å². The van der Waals surface area contributed by atoms with Crippen molar-refractivity contribution in [3.8, 4) is 11.3 Å². The van der Waals surface area contributed by atoms with Gasteiger partial charge in [0, 0.05) is 38.0 Å². The standard InChI is InChI=1S/C27H27GeN2S.C17H32O2.Ir/c1-27(2,3)22-14-18(13-17-9-7-8-10-20(17)22)24-26-25(30-16-29-24)21-12-11-19(28(4,5)6)15-23(21)31-26;1-10(2)16(11(3)4)14(18)9-15(19)17(12(5)6)13(7)8;/h7-12,14-16H,1-6H3;9-13,16-18H,1-8H3;/q-1;;/b;14-9-;/i16D;;. The van der Waals surface area contributed by atoms with E-state index >= 15 is 0 Å². The number of aliphatic hydroxyl groups excluding tert-OH is 1. The van der Waals surface area contributed by atoms with Crippen LogP contribution in [0, 0.1) is 41.6 Å². The van der Waals surface area contributed by atoms with Crippen LogP contribution in [0.4, 0.5) is 0 Å². The molecule has 0 saturated heterocycles. The topological polar surface area (TPSA) is 63.1 Å². The molecule has 1 radical (unpaired) electrons. The third kappa shape index (κ3) is 9.99. The summed E-state index contributed by atoms with van der Waals surface area (Å²) in [5.41, 5.74) is 3.88. The predicted molar refractivity (Wildman–Crippen MR) is 220 cm³/mol. The zero-order valence-corrected chi connectivity index (χ0v) is 38.5. The zero-order valence-electron chi connectivity index (χ0n) is 34.2. The number of carbonyl (C=O) groups excluding carboxylic acids is 1. The van der Waals surface area contributed by atoms with Gasteiger partial charge in [-0.25, -0.2) is 0 Å². The number of hydrogen-bond acceptors (Lipinski definition) is 5. The minimum atomic E-state index is -1.94. The van der Waals surface area contributed by atoms with Gasteiger partial charge >= 0.3 is 193 Å². The van der Waals surface area contributed by atoms with E-state index in [-0.39, 0.29) is 55.2 Å². The van der Waals surface area contributed by atoms with Crippen LogP contribution in [0.5, 0.6) is 0 Å². The van der Waals surface area contributed by atoms with E-state index in [1.807, 2.05) is 0 Å². The number of allylic oxidation sites excluding steroid dienone is 2. The van der Waals surface area contributed by atoms with Crippen LogP contribution in [0.15, 0.2) is 66.7 Å². The van der Waals surface area contributed by atoms with E-state index in [9.17, 15) is 9.90 Å². The largest absolute Gasteiger partial charge is 0 e. The molecule has 2 heterocycles. The normalized spacial score (nSPS) is 13.2. The van der Waals surface area contributed by atoms with E-state index in [0.29, 0.717) is 23.7 Å². The molecule has 7 heteroatoms. The molecule has 0 saturated carbocycles. The van der Waals surface area contributed by atoms with Crippen molar-refractivity contribution in [1.82, 2.24) is 9.97 Å². The quantitative estimate of drug-likeness (QED) is 0.0692.